The van der Waals surface area contributed by atoms with E-state index in [9.17, 15) is 0 Å². The molecule has 1 aromatic carbocycles. The van der Waals surface area contributed by atoms with E-state index < -0.39 is 0 Å². The molecule has 0 aromatic heterocycles. The first-order valence-electron chi connectivity index (χ1n) is 4.64. The monoisotopic (exact) mass is 188 g/mol. The lowest BCUT2D eigenvalue weighted by atomic mass is 10.0. The Morgan fingerprint density at radius 2 is 2.14 bits per heavy atom. The van der Waals surface area contributed by atoms with Gasteiger partial charge >= 0.3 is 0 Å². The minimum Gasteiger partial charge on any atom is -0.398 e. The number of rotatable bonds is 2. The molecule has 0 aliphatic rings. The molecule has 1 rings (SSSR count). The van der Waals surface area contributed by atoms with Gasteiger partial charge in [-0.1, -0.05) is 18.2 Å². The van der Waals surface area contributed by atoms with E-state index in [4.69, 9.17) is 5.73 Å². The van der Waals surface area contributed by atoms with E-state index in [0.29, 0.717) is 0 Å². The highest BCUT2D eigenvalue weighted by Crippen LogP contribution is 2.18. The second-order valence-electron chi connectivity index (χ2n) is 3.20. The number of nitrogens with two attached hydrogens (primary N) is 1. The van der Waals surface area contributed by atoms with Gasteiger partial charge in [-0.3, -0.25) is 4.99 Å². The number of nitrogen functional groups attached to an aromatic ring is 1. The van der Waals surface area contributed by atoms with Crippen molar-refractivity contribution in [1.82, 2.24) is 0 Å². The summed E-state index contributed by atoms with van der Waals surface area (Å²) < 4.78 is 0. The third-order valence-corrected chi connectivity index (χ3v) is 2.19. The highest BCUT2D eigenvalue weighted by Gasteiger charge is 1.99. The van der Waals surface area contributed by atoms with Crippen LogP contribution in [0.5, 0.6) is 0 Å². The van der Waals surface area contributed by atoms with Crippen molar-refractivity contribution < 1.29 is 0 Å². The molecule has 0 amide bonds. The van der Waals surface area contributed by atoms with Gasteiger partial charge in [0.05, 0.1) is 0 Å². The lowest BCUT2D eigenvalue weighted by molar-refractivity contribution is 1.44. The van der Waals surface area contributed by atoms with Crippen LogP contribution >= 0.6 is 0 Å². The zero-order chi connectivity index (χ0) is 10.6. The van der Waals surface area contributed by atoms with E-state index in [2.05, 4.69) is 11.1 Å². The Bertz CT molecular complexity index is 376. The Balaban J connectivity index is 3.13. The topological polar surface area (TPSA) is 38.4 Å². The van der Waals surface area contributed by atoms with Crippen LogP contribution in [0.1, 0.15) is 18.1 Å². The average Bonchev–Trinajstić information content (AvgIpc) is 2.19. The third kappa shape index (κ3) is 2.22. The third-order valence-electron chi connectivity index (χ3n) is 2.19. The molecule has 0 saturated heterocycles. The number of hydrogen-bond acceptors (Lipinski definition) is 2. The van der Waals surface area contributed by atoms with Crippen molar-refractivity contribution in [2.75, 3.05) is 12.8 Å². The molecule has 2 heteroatoms. The Labute approximate surface area is 85.2 Å². The zero-order valence-electron chi connectivity index (χ0n) is 8.91. The molecule has 0 radical (unpaired) electrons. The fourth-order valence-electron chi connectivity index (χ4n) is 1.27. The molecule has 74 valence electrons. The van der Waals surface area contributed by atoms with Crippen LogP contribution in [0.25, 0.3) is 5.57 Å². The number of benzene rings is 1. The van der Waals surface area contributed by atoms with E-state index >= 15 is 0 Å². The van der Waals surface area contributed by atoms with Gasteiger partial charge in [-0.2, -0.15) is 0 Å². The van der Waals surface area contributed by atoms with E-state index in [1.165, 1.54) is 0 Å². The number of anilines is 1. The van der Waals surface area contributed by atoms with Crippen LogP contribution in [-0.4, -0.2) is 13.3 Å². The van der Waals surface area contributed by atoms with Crippen molar-refractivity contribution >= 4 is 17.5 Å². The zero-order valence-corrected chi connectivity index (χ0v) is 8.91. The van der Waals surface area contributed by atoms with Crippen molar-refractivity contribution in [2.24, 2.45) is 4.99 Å². The van der Waals surface area contributed by atoms with Gasteiger partial charge in [-0.05, 0) is 36.6 Å². The number of allylic oxidation sites excluding steroid dienone is 2. The number of hydrogen-bond donors (Lipinski definition) is 1. The molecule has 0 atom stereocenters. The summed E-state index contributed by atoms with van der Waals surface area (Å²) in [5.74, 6) is 0. The van der Waals surface area contributed by atoms with Crippen molar-refractivity contribution in [1.29, 1.82) is 0 Å². The van der Waals surface area contributed by atoms with Gasteiger partial charge in [0, 0.05) is 18.9 Å². The molecule has 2 nitrogen and oxygen atoms in total. The summed E-state index contributed by atoms with van der Waals surface area (Å²) in [7, 11) is 1.76. The van der Waals surface area contributed by atoms with E-state index in [1.807, 2.05) is 38.3 Å². The van der Waals surface area contributed by atoms with Crippen LogP contribution in [0.4, 0.5) is 5.69 Å². The summed E-state index contributed by atoms with van der Waals surface area (Å²) in [6, 6.07) is 6.06. The van der Waals surface area contributed by atoms with Crippen molar-refractivity contribution in [3.05, 3.63) is 35.4 Å². The molecule has 1 aromatic rings. The minimum absolute atomic E-state index is 0.825. The maximum Gasteiger partial charge on any atom is 0.0349 e. The van der Waals surface area contributed by atoms with Crippen LogP contribution < -0.4 is 5.73 Å². The molecule has 2 N–H and O–H groups in total. The fourth-order valence-corrected chi connectivity index (χ4v) is 1.27. The average molecular weight is 188 g/mol. The van der Waals surface area contributed by atoms with Crippen LogP contribution in [-0.2, 0) is 0 Å². The molecule has 14 heavy (non-hydrogen) atoms. The van der Waals surface area contributed by atoms with Crippen LogP contribution in [0, 0.1) is 6.92 Å². The lowest BCUT2D eigenvalue weighted by Crippen LogP contribution is -1.92. The second kappa shape index (κ2) is 4.61. The molecule has 0 spiro atoms. The van der Waals surface area contributed by atoms with Crippen LogP contribution in [0.15, 0.2) is 29.3 Å². The van der Waals surface area contributed by atoms with E-state index in [0.717, 1.165) is 22.4 Å². The smallest absolute Gasteiger partial charge is 0.0349 e. The van der Waals surface area contributed by atoms with Gasteiger partial charge in [0.25, 0.3) is 0 Å². The van der Waals surface area contributed by atoms with Gasteiger partial charge in [0.1, 0.15) is 0 Å². The molecular weight excluding hydrogens is 172 g/mol. The Morgan fingerprint density at radius 1 is 1.43 bits per heavy atom. The summed E-state index contributed by atoms with van der Waals surface area (Å²) in [6.07, 6.45) is 3.86. The minimum atomic E-state index is 0.825. The van der Waals surface area contributed by atoms with Crippen LogP contribution in [0.2, 0.25) is 0 Å². The lowest BCUT2D eigenvalue weighted by Gasteiger charge is -2.05. The summed E-state index contributed by atoms with van der Waals surface area (Å²) in [4.78, 5) is 4.00. The van der Waals surface area contributed by atoms with Crippen molar-refractivity contribution in [3.63, 3.8) is 0 Å². The molecular formula is C12H16N2. The Hall–Kier alpha value is -1.57. The Morgan fingerprint density at radius 3 is 2.64 bits per heavy atom. The standard InChI is InChI=1S/C12H16N2/c1-4-10(8-14-3)11-6-5-9(2)12(13)7-11/h4-8H,13H2,1-3H3/b10-4+,14-8?. The number of aliphatic imine (C=N–C) groups is 1. The first-order chi connectivity index (χ1) is 6.69. The van der Waals surface area contributed by atoms with Crippen molar-refractivity contribution in [2.45, 2.75) is 13.8 Å². The largest absolute Gasteiger partial charge is 0.398 e. The highest BCUT2D eigenvalue weighted by atomic mass is 14.6. The molecule has 0 aliphatic carbocycles. The van der Waals surface area contributed by atoms with Gasteiger partial charge in [-0.25, -0.2) is 0 Å². The highest BCUT2D eigenvalue weighted by molar-refractivity contribution is 6.09. The van der Waals surface area contributed by atoms with Gasteiger partial charge in [-0.15, -0.1) is 0 Å². The van der Waals surface area contributed by atoms with Gasteiger partial charge in [0.15, 0.2) is 0 Å². The normalized spacial score (nSPS) is 12.4. The molecule has 0 fully saturated rings. The predicted octanol–water partition coefficient (Wildman–Crippen LogP) is 2.68. The molecule has 0 unspecified atom stereocenters. The van der Waals surface area contributed by atoms with E-state index in [1.54, 1.807) is 7.05 Å². The first-order valence-corrected chi connectivity index (χ1v) is 4.64. The van der Waals surface area contributed by atoms with Crippen molar-refractivity contribution in [3.8, 4) is 0 Å². The second-order valence-corrected chi connectivity index (χ2v) is 3.20. The van der Waals surface area contributed by atoms with E-state index in [-0.39, 0.29) is 0 Å². The molecule has 0 aliphatic heterocycles. The molecule has 0 bridgehead atoms. The van der Waals surface area contributed by atoms with Crippen LogP contribution in [0.3, 0.4) is 0 Å². The summed E-state index contributed by atoms with van der Waals surface area (Å²) in [5, 5.41) is 0. The van der Waals surface area contributed by atoms with Gasteiger partial charge in [0.2, 0.25) is 0 Å². The maximum atomic E-state index is 5.84. The first kappa shape index (κ1) is 10.5. The number of nitrogens with zero attached hydrogens (tertiary/aromatic N) is 1. The quantitative estimate of drug-likeness (QED) is 0.562. The summed E-state index contributed by atoms with van der Waals surface area (Å²) in [5.41, 5.74) is 9.98. The Kier molecular flexibility index (Phi) is 3.46. The number of aryl methyl sites for hydroxylation is 1. The molecule has 0 saturated carbocycles. The SMILES string of the molecule is C/C=C(\C=NC)c1ccc(C)c(N)c1. The fraction of sp³-hybridized carbons (Fsp3) is 0.250. The van der Waals surface area contributed by atoms with Gasteiger partial charge < -0.3 is 5.73 Å². The molecule has 0 heterocycles. The predicted molar refractivity (Wildman–Crippen MR) is 63.7 cm³/mol. The summed E-state index contributed by atoms with van der Waals surface area (Å²) in [6.45, 7) is 4.00. The maximum absolute atomic E-state index is 5.84. The summed E-state index contributed by atoms with van der Waals surface area (Å²) >= 11 is 0.